The van der Waals surface area contributed by atoms with Crippen LogP contribution in [-0.2, 0) is 9.84 Å². The van der Waals surface area contributed by atoms with Crippen molar-refractivity contribution in [2.24, 2.45) is 11.8 Å². The smallest absolute Gasteiger partial charge is 0.185 e. The Kier molecular flexibility index (Phi) is 5.89. The van der Waals surface area contributed by atoms with Gasteiger partial charge in [-0.2, -0.15) is 0 Å². The molecule has 158 valence electrons. The third-order valence-corrected chi connectivity index (χ3v) is 8.93. The number of thiazole rings is 1. The molecule has 2 aromatic rings. The number of aryl methyl sites for hydroxylation is 2. The van der Waals surface area contributed by atoms with E-state index < -0.39 is 9.84 Å². The van der Waals surface area contributed by atoms with Gasteiger partial charge in [-0.15, -0.1) is 11.3 Å². The van der Waals surface area contributed by atoms with Crippen LogP contribution in [-0.4, -0.2) is 45.8 Å². The van der Waals surface area contributed by atoms with E-state index in [-0.39, 0.29) is 0 Å². The molecule has 1 aromatic heterocycles. The van der Waals surface area contributed by atoms with Crippen LogP contribution in [0.4, 0.5) is 10.8 Å². The van der Waals surface area contributed by atoms with Gasteiger partial charge in [0.15, 0.2) is 15.0 Å². The number of hydrogen-bond acceptors (Lipinski definition) is 6. The summed E-state index contributed by atoms with van der Waals surface area (Å²) < 4.78 is 23.3. The lowest BCUT2D eigenvalue weighted by atomic mass is 9.79. The van der Waals surface area contributed by atoms with Crippen LogP contribution in [0.25, 0.3) is 0 Å². The molecule has 0 saturated carbocycles. The number of nitrogens with zero attached hydrogens (tertiary/aromatic N) is 3. The number of anilines is 2. The van der Waals surface area contributed by atoms with Gasteiger partial charge >= 0.3 is 0 Å². The van der Waals surface area contributed by atoms with Crippen molar-refractivity contribution in [3.05, 3.63) is 34.8 Å². The maximum atomic E-state index is 11.6. The molecule has 2 fully saturated rings. The summed E-state index contributed by atoms with van der Waals surface area (Å²) in [4.78, 5) is 11.3. The van der Waals surface area contributed by atoms with Crippen molar-refractivity contribution in [3.8, 4) is 0 Å². The van der Waals surface area contributed by atoms with Gasteiger partial charge in [0, 0.05) is 43.0 Å². The van der Waals surface area contributed by atoms with Gasteiger partial charge < -0.3 is 9.80 Å². The molecule has 5 nitrogen and oxygen atoms in total. The van der Waals surface area contributed by atoms with Gasteiger partial charge in [-0.1, -0.05) is 0 Å². The molecule has 0 radical (unpaired) electrons. The van der Waals surface area contributed by atoms with Crippen LogP contribution in [0.2, 0.25) is 0 Å². The molecule has 3 heterocycles. The molecular formula is C22H31N3O2S2. The summed E-state index contributed by atoms with van der Waals surface area (Å²) in [7, 11) is -3.13. The van der Waals surface area contributed by atoms with Crippen molar-refractivity contribution in [2.75, 3.05) is 42.2 Å². The summed E-state index contributed by atoms with van der Waals surface area (Å²) in [5, 5.41) is 1.20. The molecule has 2 aliphatic rings. The summed E-state index contributed by atoms with van der Waals surface area (Å²) in [5.41, 5.74) is 2.31. The van der Waals surface area contributed by atoms with Gasteiger partial charge in [-0.3, -0.25) is 0 Å². The molecule has 0 aliphatic carbocycles. The lowest BCUT2D eigenvalue weighted by Crippen LogP contribution is -2.40. The van der Waals surface area contributed by atoms with Gasteiger partial charge in [0.25, 0.3) is 0 Å². The van der Waals surface area contributed by atoms with Crippen molar-refractivity contribution >= 4 is 32.0 Å². The van der Waals surface area contributed by atoms with E-state index >= 15 is 0 Å². The predicted molar refractivity (Wildman–Crippen MR) is 121 cm³/mol. The summed E-state index contributed by atoms with van der Waals surface area (Å²) in [6, 6.07) is 7.36. The van der Waals surface area contributed by atoms with Crippen LogP contribution in [0.15, 0.2) is 29.2 Å². The van der Waals surface area contributed by atoms with E-state index in [9.17, 15) is 8.42 Å². The van der Waals surface area contributed by atoms with Crippen molar-refractivity contribution in [1.29, 1.82) is 0 Å². The van der Waals surface area contributed by atoms with Crippen molar-refractivity contribution in [2.45, 2.75) is 44.4 Å². The molecule has 2 aliphatic heterocycles. The second-order valence-electron chi connectivity index (χ2n) is 8.55. The average molecular weight is 434 g/mol. The first-order valence-corrected chi connectivity index (χ1v) is 13.3. The Labute approximate surface area is 178 Å². The molecule has 29 heavy (non-hydrogen) atoms. The summed E-state index contributed by atoms with van der Waals surface area (Å²) >= 11 is 1.83. The Balaban J connectivity index is 1.29. The first kappa shape index (κ1) is 20.7. The van der Waals surface area contributed by atoms with Gasteiger partial charge in [0.05, 0.1) is 10.6 Å². The van der Waals surface area contributed by atoms with Gasteiger partial charge in [-0.25, -0.2) is 13.4 Å². The molecule has 4 rings (SSSR count). The highest BCUT2D eigenvalue weighted by Crippen LogP contribution is 2.36. The number of sulfone groups is 1. The average Bonchev–Trinajstić information content (AvgIpc) is 3.06. The van der Waals surface area contributed by atoms with Crippen LogP contribution in [0.3, 0.4) is 0 Å². The number of piperidine rings is 2. The minimum Gasteiger partial charge on any atom is -0.372 e. The Morgan fingerprint density at radius 3 is 1.86 bits per heavy atom. The highest BCUT2D eigenvalue weighted by atomic mass is 32.2. The zero-order valence-corrected chi connectivity index (χ0v) is 19.2. The van der Waals surface area contributed by atoms with Gasteiger partial charge in [0.1, 0.15) is 0 Å². The second-order valence-corrected chi connectivity index (χ2v) is 11.8. The van der Waals surface area contributed by atoms with E-state index in [0.29, 0.717) is 4.90 Å². The quantitative estimate of drug-likeness (QED) is 0.720. The molecule has 7 heteroatoms. The number of rotatable bonds is 4. The summed E-state index contributed by atoms with van der Waals surface area (Å²) in [6.45, 7) is 8.65. The van der Waals surface area contributed by atoms with E-state index in [4.69, 9.17) is 4.98 Å². The first-order valence-electron chi connectivity index (χ1n) is 10.6. The third kappa shape index (κ3) is 4.61. The van der Waals surface area contributed by atoms with Crippen LogP contribution in [0, 0.1) is 25.7 Å². The highest BCUT2D eigenvalue weighted by Gasteiger charge is 2.30. The van der Waals surface area contributed by atoms with Crippen molar-refractivity contribution in [1.82, 2.24) is 4.98 Å². The van der Waals surface area contributed by atoms with Gasteiger partial charge in [-0.05, 0) is 75.6 Å². The molecule has 0 amide bonds. The fraction of sp³-hybridized carbons (Fsp3) is 0.591. The topological polar surface area (TPSA) is 53.5 Å². The number of benzene rings is 1. The van der Waals surface area contributed by atoms with Crippen LogP contribution in [0.5, 0.6) is 0 Å². The molecule has 1 aromatic carbocycles. The molecule has 2 saturated heterocycles. The van der Waals surface area contributed by atoms with Crippen molar-refractivity contribution in [3.63, 3.8) is 0 Å². The maximum absolute atomic E-state index is 11.6. The molecule has 0 unspecified atom stereocenters. The minimum absolute atomic E-state index is 0.397. The maximum Gasteiger partial charge on any atom is 0.185 e. The fourth-order valence-electron chi connectivity index (χ4n) is 4.69. The van der Waals surface area contributed by atoms with E-state index in [2.05, 4.69) is 23.6 Å². The van der Waals surface area contributed by atoms with Crippen LogP contribution < -0.4 is 9.80 Å². The van der Waals surface area contributed by atoms with Gasteiger partial charge in [0.2, 0.25) is 0 Å². The molecule has 0 N–H and O–H groups in total. The minimum atomic E-state index is -3.13. The van der Waals surface area contributed by atoms with Crippen molar-refractivity contribution < 1.29 is 8.42 Å². The number of aromatic nitrogens is 1. The van der Waals surface area contributed by atoms with E-state index in [1.807, 2.05) is 23.5 Å². The lowest BCUT2D eigenvalue weighted by Gasteiger charge is -2.40. The molecular weight excluding hydrogens is 402 g/mol. The zero-order valence-electron chi connectivity index (χ0n) is 17.6. The van der Waals surface area contributed by atoms with Crippen LogP contribution >= 0.6 is 11.3 Å². The second kappa shape index (κ2) is 8.26. The molecule has 0 bridgehead atoms. The summed E-state index contributed by atoms with van der Waals surface area (Å²) in [5.74, 6) is 1.63. The SMILES string of the molecule is Cc1nc(N2CCC(C3CCN(c4ccc(S(C)(=O)=O)cc4)CC3)CC2)sc1C. The van der Waals surface area contributed by atoms with Crippen LogP contribution in [0.1, 0.15) is 36.3 Å². The zero-order chi connectivity index (χ0) is 20.6. The lowest BCUT2D eigenvalue weighted by molar-refractivity contribution is 0.233. The van der Waals surface area contributed by atoms with E-state index in [1.54, 1.807) is 12.1 Å². The molecule has 0 spiro atoms. The first-order chi connectivity index (χ1) is 13.8. The summed E-state index contributed by atoms with van der Waals surface area (Å²) in [6.07, 6.45) is 6.26. The highest BCUT2D eigenvalue weighted by molar-refractivity contribution is 7.90. The third-order valence-electron chi connectivity index (χ3n) is 6.66. The Bertz CT molecular complexity index is 917. The molecule has 0 atom stereocenters. The predicted octanol–water partition coefficient (Wildman–Crippen LogP) is 4.30. The van der Waals surface area contributed by atoms with E-state index in [1.165, 1.54) is 47.6 Å². The fourth-order valence-corrected chi connectivity index (χ4v) is 6.28. The normalized spacial score (nSPS) is 19.7. The Morgan fingerprint density at radius 2 is 1.41 bits per heavy atom. The largest absolute Gasteiger partial charge is 0.372 e. The standard InChI is InChI=1S/C22H31N3O2S2/c1-16-17(2)28-22(23-16)25-14-10-19(11-15-25)18-8-12-24(13-9-18)20-4-6-21(7-5-20)29(3,26)27/h4-7,18-19H,8-15H2,1-3H3. The number of hydrogen-bond donors (Lipinski definition) is 0. The Hall–Kier alpha value is -1.60. The van der Waals surface area contributed by atoms with E-state index in [0.717, 1.165) is 43.7 Å². The Morgan fingerprint density at radius 1 is 0.897 bits per heavy atom. The monoisotopic (exact) mass is 433 g/mol.